The average molecular weight is 614 g/mol. The number of methoxy groups -OCH3 is 1. The standard InChI is InChI=1S/C20H22Cl2FNO2.C12H25NO2/c1-3-10-20(2,14-6-9-16(21)17(22)11-14)19(26)24-18(12-25)13-4-7-15(23)8-5-13;1-5-7-12(8-6-2)13(11(3)14)9-10-15-4/h4-9,11,18,25H,3,10,12H2,1-2H3,(H,24,26);12H,5-10H2,1-4H3/t18-,20?;/m0./s1. The van der Waals surface area contributed by atoms with Gasteiger partial charge in [0, 0.05) is 26.6 Å². The van der Waals surface area contributed by atoms with Crippen molar-refractivity contribution in [2.45, 2.75) is 90.6 Å². The summed E-state index contributed by atoms with van der Waals surface area (Å²) in [7, 11) is 1.67. The van der Waals surface area contributed by atoms with Gasteiger partial charge in [-0.05, 0) is 61.6 Å². The van der Waals surface area contributed by atoms with Crippen LogP contribution < -0.4 is 5.32 Å². The molecule has 0 saturated carbocycles. The highest BCUT2D eigenvalue weighted by Gasteiger charge is 2.36. The number of rotatable bonds is 15. The third-order valence-electron chi connectivity index (χ3n) is 7.19. The number of amides is 2. The normalized spacial score (nSPS) is 13.1. The van der Waals surface area contributed by atoms with E-state index in [0.717, 1.165) is 44.2 Å². The molecule has 2 aromatic carbocycles. The van der Waals surface area contributed by atoms with Crippen LogP contribution in [0.15, 0.2) is 42.5 Å². The maximum absolute atomic E-state index is 13.1. The van der Waals surface area contributed by atoms with Crippen molar-refractivity contribution < 1.29 is 23.8 Å². The van der Waals surface area contributed by atoms with Crippen molar-refractivity contribution in [3.05, 3.63) is 69.5 Å². The molecule has 0 aliphatic rings. The van der Waals surface area contributed by atoms with Gasteiger partial charge in [0.25, 0.3) is 0 Å². The molecule has 2 atom stereocenters. The van der Waals surface area contributed by atoms with Crippen LogP contribution in [-0.2, 0) is 19.7 Å². The number of aliphatic hydroxyl groups is 1. The first-order valence-electron chi connectivity index (χ1n) is 14.4. The first-order valence-corrected chi connectivity index (χ1v) is 15.1. The van der Waals surface area contributed by atoms with Crippen molar-refractivity contribution in [2.24, 2.45) is 0 Å². The zero-order valence-electron chi connectivity index (χ0n) is 25.3. The molecule has 0 radical (unpaired) electrons. The number of hydrogen-bond acceptors (Lipinski definition) is 4. The Hall–Kier alpha value is -2.19. The number of carbonyl (C=O) groups excluding carboxylic acids is 2. The SMILES string of the molecule is CCCC(C)(C(=O)N[C@@H](CO)c1ccc(F)cc1)c1ccc(Cl)c(Cl)c1.CCCC(CCC)N(CCOC)C(C)=O. The highest BCUT2D eigenvalue weighted by Crippen LogP contribution is 2.34. The molecule has 9 heteroatoms. The van der Waals surface area contributed by atoms with Gasteiger partial charge in [0.2, 0.25) is 11.8 Å². The van der Waals surface area contributed by atoms with Crippen LogP contribution in [0.25, 0.3) is 0 Å². The molecule has 41 heavy (non-hydrogen) atoms. The fourth-order valence-corrected chi connectivity index (χ4v) is 5.18. The van der Waals surface area contributed by atoms with E-state index in [4.69, 9.17) is 27.9 Å². The van der Waals surface area contributed by atoms with Crippen LogP contribution in [0.3, 0.4) is 0 Å². The molecule has 1 unspecified atom stereocenters. The monoisotopic (exact) mass is 612 g/mol. The number of nitrogens with one attached hydrogen (secondary N) is 1. The van der Waals surface area contributed by atoms with Crippen LogP contribution >= 0.6 is 23.2 Å². The van der Waals surface area contributed by atoms with Gasteiger partial charge in [0.1, 0.15) is 5.82 Å². The van der Waals surface area contributed by atoms with E-state index in [1.54, 1.807) is 44.4 Å². The number of nitrogens with zero attached hydrogens (tertiary/aromatic N) is 1. The van der Waals surface area contributed by atoms with Gasteiger partial charge in [-0.15, -0.1) is 0 Å². The molecule has 0 spiro atoms. The summed E-state index contributed by atoms with van der Waals surface area (Å²) in [5.74, 6) is -0.441. The minimum Gasteiger partial charge on any atom is -0.394 e. The van der Waals surface area contributed by atoms with Gasteiger partial charge >= 0.3 is 0 Å². The summed E-state index contributed by atoms with van der Waals surface area (Å²) in [6.45, 7) is 10.9. The van der Waals surface area contributed by atoms with Gasteiger partial charge in [-0.1, -0.05) is 81.4 Å². The minimum absolute atomic E-state index is 0.166. The Morgan fingerprint density at radius 3 is 2.10 bits per heavy atom. The summed E-state index contributed by atoms with van der Waals surface area (Å²) < 4.78 is 18.2. The zero-order valence-corrected chi connectivity index (χ0v) is 26.8. The Balaban J connectivity index is 0.000000479. The number of carbonyl (C=O) groups is 2. The summed E-state index contributed by atoms with van der Waals surface area (Å²) >= 11 is 12.1. The van der Waals surface area contributed by atoms with Crippen LogP contribution in [0.5, 0.6) is 0 Å². The van der Waals surface area contributed by atoms with Crippen LogP contribution in [0.2, 0.25) is 10.0 Å². The third kappa shape index (κ3) is 11.5. The van der Waals surface area contributed by atoms with Gasteiger partial charge in [0.05, 0.1) is 34.7 Å². The summed E-state index contributed by atoms with van der Waals surface area (Å²) in [5, 5.41) is 13.4. The molecule has 230 valence electrons. The predicted octanol–water partition coefficient (Wildman–Crippen LogP) is 7.49. The highest BCUT2D eigenvalue weighted by atomic mass is 35.5. The quantitative estimate of drug-likeness (QED) is 0.218. The summed E-state index contributed by atoms with van der Waals surface area (Å²) in [6.07, 6.45) is 5.82. The molecule has 0 bridgehead atoms. The van der Waals surface area contributed by atoms with E-state index in [0.29, 0.717) is 34.7 Å². The Bertz CT molecular complexity index is 1060. The van der Waals surface area contributed by atoms with Crippen LogP contribution in [0.1, 0.15) is 90.3 Å². The molecule has 2 aromatic rings. The summed E-state index contributed by atoms with van der Waals surface area (Å²) in [4.78, 5) is 26.6. The van der Waals surface area contributed by atoms with E-state index < -0.39 is 11.5 Å². The van der Waals surface area contributed by atoms with Gasteiger partial charge in [0.15, 0.2) is 0 Å². The topological polar surface area (TPSA) is 78.9 Å². The smallest absolute Gasteiger partial charge is 0.230 e. The molecule has 2 N–H and O–H groups in total. The predicted molar refractivity (Wildman–Crippen MR) is 166 cm³/mol. The molecule has 0 aliphatic carbocycles. The van der Waals surface area contributed by atoms with E-state index in [1.807, 2.05) is 18.7 Å². The van der Waals surface area contributed by atoms with Crippen LogP contribution in [0.4, 0.5) is 4.39 Å². The van der Waals surface area contributed by atoms with Gasteiger partial charge in [-0.3, -0.25) is 9.59 Å². The number of hydrogen-bond donors (Lipinski definition) is 2. The minimum atomic E-state index is -0.837. The van der Waals surface area contributed by atoms with Gasteiger partial charge < -0.3 is 20.1 Å². The fourth-order valence-electron chi connectivity index (χ4n) is 4.88. The van der Waals surface area contributed by atoms with E-state index in [1.165, 1.54) is 12.1 Å². The Morgan fingerprint density at radius 1 is 1.02 bits per heavy atom. The molecule has 0 heterocycles. The average Bonchev–Trinajstić information content (AvgIpc) is 2.94. The van der Waals surface area contributed by atoms with Crippen molar-refractivity contribution in [3.63, 3.8) is 0 Å². The number of benzene rings is 2. The second-order valence-corrected chi connectivity index (χ2v) is 11.2. The maximum atomic E-state index is 13.1. The Morgan fingerprint density at radius 2 is 1.63 bits per heavy atom. The number of ether oxygens (including phenoxy) is 1. The lowest BCUT2D eigenvalue weighted by molar-refractivity contribution is -0.132. The lowest BCUT2D eigenvalue weighted by Crippen LogP contribution is -2.44. The van der Waals surface area contributed by atoms with Crippen molar-refractivity contribution >= 4 is 35.0 Å². The molecule has 0 fully saturated rings. The third-order valence-corrected chi connectivity index (χ3v) is 7.93. The first kappa shape index (κ1) is 36.8. The molecule has 0 aromatic heterocycles. The van der Waals surface area contributed by atoms with Crippen molar-refractivity contribution in [1.29, 1.82) is 0 Å². The molecule has 2 rings (SSSR count). The van der Waals surface area contributed by atoms with Crippen molar-refractivity contribution in [1.82, 2.24) is 10.2 Å². The molecule has 0 saturated heterocycles. The lowest BCUT2D eigenvalue weighted by Gasteiger charge is -2.31. The van der Waals surface area contributed by atoms with E-state index in [9.17, 15) is 19.1 Å². The number of halogens is 3. The van der Waals surface area contributed by atoms with Gasteiger partial charge in [-0.2, -0.15) is 0 Å². The van der Waals surface area contributed by atoms with Gasteiger partial charge in [-0.25, -0.2) is 4.39 Å². The Labute approximate surface area is 255 Å². The van der Waals surface area contributed by atoms with Crippen molar-refractivity contribution in [2.75, 3.05) is 26.9 Å². The molecular formula is C32H47Cl2FN2O4. The first-order chi connectivity index (χ1) is 19.5. The van der Waals surface area contributed by atoms with E-state index in [2.05, 4.69) is 19.2 Å². The molecular weight excluding hydrogens is 566 g/mol. The van der Waals surface area contributed by atoms with E-state index in [-0.39, 0.29) is 24.2 Å². The second kappa shape index (κ2) is 19.1. The number of aliphatic hydroxyl groups excluding tert-OH is 1. The molecule has 0 aliphatic heterocycles. The molecule has 2 amide bonds. The van der Waals surface area contributed by atoms with E-state index >= 15 is 0 Å². The highest BCUT2D eigenvalue weighted by molar-refractivity contribution is 6.42. The molecule has 6 nitrogen and oxygen atoms in total. The summed E-state index contributed by atoms with van der Waals surface area (Å²) in [5.41, 5.74) is 0.549. The lowest BCUT2D eigenvalue weighted by atomic mass is 9.77. The van der Waals surface area contributed by atoms with Crippen molar-refractivity contribution in [3.8, 4) is 0 Å². The zero-order chi connectivity index (χ0) is 31.0. The Kier molecular flexibility index (Phi) is 17.1. The van der Waals surface area contributed by atoms with Crippen LogP contribution in [0, 0.1) is 5.82 Å². The summed E-state index contributed by atoms with van der Waals surface area (Å²) in [6, 6.07) is 10.6. The fraction of sp³-hybridized carbons (Fsp3) is 0.562. The van der Waals surface area contributed by atoms with Crippen LogP contribution in [-0.4, -0.2) is 54.7 Å². The largest absolute Gasteiger partial charge is 0.394 e. The second-order valence-electron chi connectivity index (χ2n) is 10.4. The maximum Gasteiger partial charge on any atom is 0.230 e.